The monoisotopic (exact) mass is 285 g/mol. The highest BCUT2D eigenvalue weighted by Crippen LogP contribution is 2.32. The zero-order chi connectivity index (χ0) is 12.6. The van der Waals surface area contributed by atoms with Gasteiger partial charge >= 0.3 is 5.97 Å². The molecule has 5 heteroatoms. The summed E-state index contributed by atoms with van der Waals surface area (Å²) in [6.07, 6.45) is 0. The van der Waals surface area contributed by atoms with Crippen LogP contribution in [0.3, 0.4) is 0 Å². The molecular formula is C13H16ClNO2S. The van der Waals surface area contributed by atoms with E-state index in [0.29, 0.717) is 11.5 Å². The third-order valence-corrected chi connectivity index (χ3v) is 3.85. The topological polar surface area (TPSA) is 39.2 Å². The molecule has 0 N–H and O–H groups in total. The molecule has 0 spiro atoms. The molecule has 0 fully saturated rings. The maximum Gasteiger partial charge on any atom is 0.348 e. The van der Waals surface area contributed by atoms with E-state index in [1.165, 1.54) is 11.3 Å². The van der Waals surface area contributed by atoms with Crippen LogP contribution in [0.25, 0.3) is 10.2 Å². The van der Waals surface area contributed by atoms with Gasteiger partial charge in [0.15, 0.2) is 0 Å². The zero-order valence-corrected chi connectivity index (χ0v) is 12.5. The summed E-state index contributed by atoms with van der Waals surface area (Å²) >= 11 is 1.41. The second-order valence-electron chi connectivity index (χ2n) is 4.04. The lowest BCUT2D eigenvalue weighted by Crippen LogP contribution is -2.03. The van der Waals surface area contributed by atoms with E-state index in [0.717, 1.165) is 27.0 Å². The average molecular weight is 286 g/mol. The molecular weight excluding hydrogens is 270 g/mol. The summed E-state index contributed by atoms with van der Waals surface area (Å²) < 4.78 is 5.05. The minimum absolute atomic E-state index is 0. The molecule has 0 saturated heterocycles. The molecule has 0 aromatic carbocycles. The molecule has 98 valence electrons. The number of thiophene rings is 1. The van der Waals surface area contributed by atoms with Gasteiger partial charge in [-0.25, -0.2) is 9.78 Å². The molecule has 18 heavy (non-hydrogen) atoms. The first-order chi connectivity index (χ1) is 8.04. The number of carbonyl (C=O) groups excluding carboxylic acids is 1. The molecule has 2 aromatic rings. The van der Waals surface area contributed by atoms with Crippen molar-refractivity contribution in [3.8, 4) is 0 Å². The standard InChI is InChI=1S/C13H15NO2S.ClH/c1-5-16-13(15)11-9(4)10-7(2)6-8(3)14-12(10)17-11;/h6H,5H2,1-4H3;1H. The van der Waals surface area contributed by atoms with Gasteiger partial charge in [0.25, 0.3) is 0 Å². The van der Waals surface area contributed by atoms with E-state index in [1.807, 2.05) is 33.8 Å². The van der Waals surface area contributed by atoms with Crippen LogP contribution in [0, 0.1) is 20.8 Å². The van der Waals surface area contributed by atoms with Crippen LogP contribution in [-0.2, 0) is 4.74 Å². The van der Waals surface area contributed by atoms with E-state index in [-0.39, 0.29) is 18.4 Å². The number of pyridine rings is 1. The van der Waals surface area contributed by atoms with E-state index in [2.05, 4.69) is 4.98 Å². The Kier molecular flexibility index (Phi) is 4.71. The Bertz CT molecular complexity index is 592. The molecule has 0 saturated carbocycles. The van der Waals surface area contributed by atoms with Crippen molar-refractivity contribution in [3.63, 3.8) is 0 Å². The van der Waals surface area contributed by atoms with E-state index in [9.17, 15) is 4.79 Å². The van der Waals surface area contributed by atoms with Crippen molar-refractivity contribution >= 4 is 39.9 Å². The predicted octanol–water partition coefficient (Wildman–Crippen LogP) is 3.82. The minimum atomic E-state index is -0.245. The number of hydrogen-bond donors (Lipinski definition) is 0. The number of aryl methyl sites for hydroxylation is 3. The molecule has 0 bridgehead atoms. The summed E-state index contributed by atoms with van der Waals surface area (Å²) in [5, 5.41) is 1.09. The van der Waals surface area contributed by atoms with Gasteiger partial charge in [0.1, 0.15) is 9.71 Å². The smallest absolute Gasteiger partial charge is 0.348 e. The summed E-state index contributed by atoms with van der Waals surface area (Å²) in [5.41, 5.74) is 3.12. The minimum Gasteiger partial charge on any atom is -0.462 e. The van der Waals surface area contributed by atoms with Crippen LogP contribution in [0.15, 0.2) is 6.07 Å². The van der Waals surface area contributed by atoms with E-state index in [1.54, 1.807) is 0 Å². The Morgan fingerprint density at radius 1 is 1.39 bits per heavy atom. The Hall–Kier alpha value is -1.13. The Morgan fingerprint density at radius 2 is 2.06 bits per heavy atom. The Morgan fingerprint density at radius 3 is 2.67 bits per heavy atom. The largest absolute Gasteiger partial charge is 0.462 e. The van der Waals surface area contributed by atoms with Gasteiger partial charge in [-0.1, -0.05) is 0 Å². The normalized spacial score (nSPS) is 10.2. The van der Waals surface area contributed by atoms with Gasteiger partial charge in [0.05, 0.1) is 6.61 Å². The van der Waals surface area contributed by atoms with Crippen LogP contribution in [-0.4, -0.2) is 17.6 Å². The van der Waals surface area contributed by atoms with Crippen LogP contribution in [0.1, 0.15) is 33.4 Å². The van der Waals surface area contributed by atoms with Gasteiger partial charge in [0, 0.05) is 11.1 Å². The Labute approximate surface area is 117 Å². The molecule has 0 aliphatic carbocycles. The summed E-state index contributed by atoms with van der Waals surface area (Å²) in [7, 11) is 0. The zero-order valence-electron chi connectivity index (χ0n) is 10.9. The molecule has 0 unspecified atom stereocenters. The highest BCUT2D eigenvalue weighted by Gasteiger charge is 2.18. The molecule has 0 aliphatic rings. The van der Waals surface area contributed by atoms with E-state index in [4.69, 9.17) is 4.74 Å². The number of fused-ring (bicyclic) bond motifs is 1. The number of hydrogen-bond acceptors (Lipinski definition) is 4. The number of aromatic nitrogens is 1. The SMILES string of the molecule is CCOC(=O)c1sc2nc(C)cc(C)c2c1C.Cl. The van der Waals surface area contributed by atoms with Crippen LogP contribution in [0.5, 0.6) is 0 Å². The summed E-state index contributed by atoms with van der Waals surface area (Å²) in [6.45, 7) is 8.18. The lowest BCUT2D eigenvalue weighted by Gasteiger charge is -2.00. The van der Waals surface area contributed by atoms with Gasteiger partial charge in [0.2, 0.25) is 0 Å². The van der Waals surface area contributed by atoms with Crippen LogP contribution in [0.4, 0.5) is 0 Å². The summed E-state index contributed by atoms with van der Waals surface area (Å²) in [4.78, 5) is 17.9. The van der Waals surface area contributed by atoms with E-state index < -0.39 is 0 Å². The maximum atomic E-state index is 11.8. The fraction of sp³-hybridized carbons (Fsp3) is 0.385. The van der Waals surface area contributed by atoms with E-state index >= 15 is 0 Å². The second kappa shape index (κ2) is 5.67. The number of esters is 1. The van der Waals surface area contributed by atoms with Crippen LogP contribution < -0.4 is 0 Å². The van der Waals surface area contributed by atoms with Gasteiger partial charge in [-0.2, -0.15) is 0 Å². The number of nitrogens with zero attached hydrogens (tertiary/aromatic N) is 1. The lowest BCUT2D eigenvalue weighted by molar-refractivity contribution is 0.0531. The van der Waals surface area contributed by atoms with Crippen LogP contribution in [0.2, 0.25) is 0 Å². The first-order valence-corrected chi connectivity index (χ1v) is 6.40. The summed E-state index contributed by atoms with van der Waals surface area (Å²) in [5.74, 6) is -0.245. The molecule has 0 aliphatic heterocycles. The van der Waals surface area contributed by atoms with Crippen molar-refractivity contribution < 1.29 is 9.53 Å². The molecule has 2 rings (SSSR count). The quantitative estimate of drug-likeness (QED) is 0.788. The number of ether oxygens (including phenoxy) is 1. The highest BCUT2D eigenvalue weighted by molar-refractivity contribution is 7.20. The number of halogens is 1. The lowest BCUT2D eigenvalue weighted by atomic mass is 10.1. The number of rotatable bonds is 2. The molecule has 2 aromatic heterocycles. The average Bonchev–Trinajstić information content (AvgIpc) is 2.56. The second-order valence-corrected chi connectivity index (χ2v) is 5.04. The van der Waals surface area contributed by atoms with Gasteiger partial charge in [-0.15, -0.1) is 23.7 Å². The van der Waals surface area contributed by atoms with Crippen LogP contribution >= 0.6 is 23.7 Å². The van der Waals surface area contributed by atoms with Gasteiger partial charge < -0.3 is 4.74 Å². The molecule has 0 amide bonds. The maximum absolute atomic E-state index is 11.8. The van der Waals surface area contributed by atoms with Crippen molar-refractivity contribution in [3.05, 3.63) is 27.8 Å². The van der Waals surface area contributed by atoms with Crippen molar-refractivity contribution in [2.24, 2.45) is 0 Å². The highest BCUT2D eigenvalue weighted by atomic mass is 35.5. The van der Waals surface area contributed by atoms with Crippen molar-refractivity contribution in [1.29, 1.82) is 0 Å². The van der Waals surface area contributed by atoms with Crippen molar-refractivity contribution in [2.75, 3.05) is 6.61 Å². The fourth-order valence-corrected chi connectivity index (χ4v) is 3.21. The first kappa shape index (κ1) is 14.9. The fourth-order valence-electron chi connectivity index (χ4n) is 2.01. The van der Waals surface area contributed by atoms with Gasteiger partial charge in [-0.05, 0) is 44.9 Å². The third kappa shape index (κ3) is 2.49. The molecule has 3 nitrogen and oxygen atoms in total. The predicted molar refractivity (Wildman–Crippen MR) is 77.0 cm³/mol. The van der Waals surface area contributed by atoms with Gasteiger partial charge in [-0.3, -0.25) is 0 Å². The third-order valence-electron chi connectivity index (χ3n) is 2.69. The number of carbonyl (C=O) groups is 1. The molecule has 0 atom stereocenters. The first-order valence-electron chi connectivity index (χ1n) is 5.59. The Balaban J connectivity index is 0.00000162. The molecule has 2 heterocycles. The molecule has 0 radical (unpaired) electrons. The summed E-state index contributed by atoms with van der Waals surface area (Å²) in [6, 6.07) is 2.04. The van der Waals surface area contributed by atoms with Crippen molar-refractivity contribution in [1.82, 2.24) is 4.98 Å². The van der Waals surface area contributed by atoms with Crippen molar-refractivity contribution in [2.45, 2.75) is 27.7 Å².